The standard InChI is InChI=1S/C13H9N3O3/c1-8-2-3-11(10(6-8)12(17)18)19-13-15-5-4-9(7-14)16-13/h2-6H,1H3,(H,17,18). The molecule has 94 valence electrons. The van der Waals surface area contributed by atoms with Crippen LogP contribution in [0.3, 0.4) is 0 Å². The first-order chi connectivity index (χ1) is 9.10. The third-order valence-electron chi connectivity index (χ3n) is 2.31. The number of hydrogen-bond donors (Lipinski definition) is 1. The Kier molecular flexibility index (Phi) is 3.39. The molecule has 0 radical (unpaired) electrons. The third-order valence-corrected chi connectivity index (χ3v) is 2.31. The Labute approximate surface area is 108 Å². The summed E-state index contributed by atoms with van der Waals surface area (Å²) in [5.74, 6) is -0.969. The van der Waals surface area contributed by atoms with Crippen molar-refractivity contribution in [2.75, 3.05) is 0 Å². The van der Waals surface area contributed by atoms with Crippen LogP contribution in [0.5, 0.6) is 11.8 Å². The first-order valence-corrected chi connectivity index (χ1v) is 5.35. The number of benzene rings is 1. The molecule has 0 unspecified atom stereocenters. The smallest absolute Gasteiger partial charge is 0.339 e. The van der Waals surface area contributed by atoms with Crippen molar-refractivity contribution in [1.82, 2.24) is 9.97 Å². The number of rotatable bonds is 3. The number of aromatic carboxylic acids is 1. The number of aromatic nitrogens is 2. The summed E-state index contributed by atoms with van der Waals surface area (Å²) in [7, 11) is 0. The van der Waals surface area contributed by atoms with Gasteiger partial charge in [0.25, 0.3) is 0 Å². The van der Waals surface area contributed by atoms with Crippen molar-refractivity contribution in [2.45, 2.75) is 6.92 Å². The van der Waals surface area contributed by atoms with Crippen LogP contribution in [-0.4, -0.2) is 21.0 Å². The molecule has 0 saturated carbocycles. The molecule has 2 aromatic rings. The molecule has 2 rings (SSSR count). The number of hydrogen-bond acceptors (Lipinski definition) is 5. The van der Waals surface area contributed by atoms with E-state index in [1.807, 2.05) is 6.07 Å². The monoisotopic (exact) mass is 255 g/mol. The van der Waals surface area contributed by atoms with E-state index < -0.39 is 5.97 Å². The largest absolute Gasteiger partial charge is 0.478 e. The van der Waals surface area contributed by atoms with Gasteiger partial charge in [-0.3, -0.25) is 0 Å². The molecule has 0 aliphatic carbocycles. The van der Waals surface area contributed by atoms with Gasteiger partial charge in [-0.25, -0.2) is 9.78 Å². The second-order valence-corrected chi connectivity index (χ2v) is 3.74. The zero-order valence-corrected chi connectivity index (χ0v) is 9.99. The fourth-order valence-electron chi connectivity index (χ4n) is 1.45. The normalized spacial score (nSPS) is 9.68. The van der Waals surface area contributed by atoms with Gasteiger partial charge in [0.1, 0.15) is 23.1 Å². The number of carbonyl (C=O) groups is 1. The maximum absolute atomic E-state index is 11.1. The van der Waals surface area contributed by atoms with Crippen molar-refractivity contribution in [3.05, 3.63) is 47.3 Å². The lowest BCUT2D eigenvalue weighted by molar-refractivity contribution is 0.0694. The summed E-state index contributed by atoms with van der Waals surface area (Å²) in [5.41, 5.74) is 0.969. The number of nitriles is 1. The highest BCUT2D eigenvalue weighted by molar-refractivity contribution is 5.91. The lowest BCUT2D eigenvalue weighted by atomic mass is 10.1. The zero-order chi connectivity index (χ0) is 13.8. The lowest BCUT2D eigenvalue weighted by Gasteiger charge is -2.07. The van der Waals surface area contributed by atoms with Crippen molar-refractivity contribution in [1.29, 1.82) is 5.26 Å². The number of nitrogens with zero attached hydrogens (tertiary/aromatic N) is 3. The molecule has 0 atom stereocenters. The van der Waals surface area contributed by atoms with Crippen molar-refractivity contribution in [2.24, 2.45) is 0 Å². The Morgan fingerprint density at radius 1 is 1.42 bits per heavy atom. The van der Waals surface area contributed by atoms with Crippen molar-refractivity contribution < 1.29 is 14.6 Å². The van der Waals surface area contributed by atoms with Gasteiger partial charge in [0.2, 0.25) is 0 Å². The average Bonchev–Trinajstić information content (AvgIpc) is 2.41. The lowest BCUT2D eigenvalue weighted by Crippen LogP contribution is -2.02. The maximum Gasteiger partial charge on any atom is 0.339 e. The molecule has 0 bridgehead atoms. The summed E-state index contributed by atoms with van der Waals surface area (Å²) in [6.45, 7) is 1.78. The van der Waals surface area contributed by atoms with Crippen LogP contribution in [0.15, 0.2) is 30.5 Å². The van der Waals surface area contributed by atoms with E-state index in [0.29, 0.717) is 0 Å². The highest BCUT2D eigenvalue weighted by atomic mass is 16.5. The average molecular weight is 255 g/mol. The van der Waals surface area contributed by atoms with Gasteiger partial charge in [0, 0.05) is 6.20 Å². The van der Waals surface area contributed by atoms with Crippen LogP contribution in [0.2, 0.25) is 0 Å². The number of ether oxygens (including phenoxy) is 1. The van der Waals surface area contributed by atoms with Crippen LogP contribution in [-0.2, 0) is 0 Å². The summed E-state index contributed by atoms with van der Waals surface area (Å²) >= 11 is 0. The topological polar surface area (TPSA) is 96.1 Å². The molecule has 1 aromatic carbocycles. The molecule has 0 aliphatic rings. The second-order valence-electron chi connectivity index (χ2n) is 3.74. The molecule has 0 fully saturated rings. The van der Waals surface area contributed by atoms with E-state index in [-0.39, 0.29) is 23.0 Å². The predicted molar refractivity (Wildman–Crippen MR) is 65.0 cm³/mol. The van der Waals surface area contributed by atoms with Gasteiger partial charge in [-0.05, 0) is 25.1 Å². The zero-order valence-electron chi connectivity index (χ0n) is 9.99. The summed E-state index contributed by atoms with van der Waals surface area (Å²) in [5, 5.41) is 17.8. The van der Waals surface area contributed by atoms with Crippen molar-refractivity contribution >= 4 is 5.97 Å². The highest BCUT2D eigenvalue weighted by Gasteiger charge is 2.13. The van der Waals surface area contributed by atoms with E-state index in [4.69, 9.17) is 15.1 Å². The van der Waals surface area contributed by atoms with E-state index in [0.717, 1.165) is 5.56 Å². The minimum Gasteiger partial charge on any atom is -0.478 e. The van der Waals surface area contributed by atoms with Crippen LogP contribution >= 0.6 is 0 Å². The minimum atomic E-state index is -1.10. The summed E-state index contributed by atoms with van der Waals surface area (Å²) in [6, 6.07) is 7.96. The van der Waals surface area contributed by atoms with E-state index >= 15 is 0 Å². The maximum atomic E-state index is 11.1. The number of carboxylic acid groups (broad SMARTS) is 1. The van der Waals surface area contributed by atoms with Crippen LogP contribution in [0.4, 0.5) is 0 Å². The number of carboxylic acids is 1. The molecule has 6 nitrogen and oxygen atoms in total. The van der Waals surface area contributed by atoms with Crippen LogP contribution < -0.4 is 4.74 Å². The molecule has 6 heteroatoms. The van der Waals surface area contributed by atoms with Gasteiger partial charge in [0.15, 0.2) is 0 Å². The number of aryl methyl sites for hydroxylation is 1. The fraction of sp³-hybridized carbons (Fsp3) is 0.0769. The molecule has 0 aliphatic heterocycles. The van der Waals surface area contributed by atoms with Gasteiger partial charge in [-0.1, -0.05) is 11.6 Å². The summed E-state index contributed by atoms with van der Waals surface area (Å²) in [4.78, 5) is 18.8. The Morgan fingerprint density at radius 3 is 2.89 bits per heavy atom. The predicted octanol–water partition coefficient (Wildman–Crippen LogP) is 2.15. The molecule has 1 N–H and O–H groups in total. The first kappa shape index (κ1) is 12.5. The van der Waals surface area contributed by atoms with Crippen LogP contribution in [0, 0.1) is 18.3 Å². The van der Waals surface area contributed by atoms with E-state index in [9.17, 15) is 4.79 Å². The van der Waals surface area contributed by atoms with Gasteiger partial charge < -0.3 is 9.84 Å². The second kappa shape index (κ2) is 5.14. The molecule has 1 aromatic heterocycles. The molecular formula is C13H9N3O3. The van der Waals surface area contributed by atoms with E-state index in [1.54, 1.807) is 13.0 Å². The molecule has 0 amide bonds. The molecular weight excluding hydrogens is 246 g/mol. The molecule has 0 spiro atoms. The Balaban J connectivity index is 2.38. The SMILES string of the molecule is Cc1ccc(Oc2nccc(C#N)n2)c(C(=O)O)c1. The van der Waals surface area contributed by atoms with Crippen molar-refractivity contribution in [3.63, 3.8) is 0 Å². The quantitative estimate of drug-likeness (QED) is 0.902. The Bertz CT molecular complexity index is 677. The minimum absolute atomic E-state index is 0.0194. The Hall–Kier alpha value is -2.94. The van der Waals surface area contributed by atoms with Crippen LogP contribution in [0.1, 0.15) is 21.6 Å². The van der Waals surface area contributed by atoms with Gasteiger partial charge in [0.05, 0.1) is 0 Å². The van der Waals surface area contributed by atoms with E-state index in [1.165, 1.54) is 24.4 Å². The molecule has 0 saturated heterocycles. The Morgan fingerprint density at radius 2 is 2.21 bits per heavy atom. The molecule has 19 heavy (non-hydrogen) atoms. The van der Waals surface area contributed by atoms with Crippen molar-refractivity contribution in [3.8, 4) is 17.8 Å². The fourth-order valence-corrected chi connectivity index (χ4v) is 1.45. The van der Waals surface area contributed by atoms with Gasteiger partial charge in [-0.15, -0.1) is 0 Å². The van der Waals surface area contributed by atoms with Gasteiger partial charge in [-0.2, -0.15) is 10.2 Å². The first-order valence-electron chi connectivity index (χ1n) is 5.35. The van der Waals surface area contributed by atoms with Crippen LogP contribution in [0.25, 0.3) is 0 Å². The molecule has 1 heterocycles. The summed E-state index contributed by atoms with van der Waals surface area (Å²) < 4.78 is 5.31. The highest BCUT2D eigenvalue weighted by Crippen LogP contribution is 2.24. The van der Waals surface area contributed by atoms with Gasteiger partial charge >= 0.3 is 12.0 Å². The third kappa shape index (κ3) is 2.84. The summed E-state index contributed by atoms with van der Waals surface area (Å²) in [6.07, 6.45) is 1.37. The van der Waals surface area contributed by atoms with E-state index in [2.05, 4.69) is 9.97 Å².